The van der Waals surface area contributed by atoms with Gasteiger partial charge in [0.25, 0.3) is 0 Å². The number of carbonyl (C=O) groups excluding carboxylic acids is 2. The molecular formula is C27H31NO6. The SMILES string of the molecule is COc1ccc(CNC(=O)C2=C(C(=O)C[C@@H](CC(=O)O)c3ccc(OC)cc3)CCCC2)cc1. The lowest BCUT2D eigenvalue weighted by Gasteiger charge is -2.21. The van der Waals surface area contributed by atoms with Crippen LogP contribution in [0.1, 0.15) is 55.6 Å². The fraction of sp³-hybridized carbons (Fsp3) is 0.370. The summed E-state index contributed by atoms with van der Waals surface area (Å²) in [5.41, 5.74) is 2.74. The first-order valence-electron chi connectivity index (χ1n) is 11.4. The van der Waals surface area contributed by atoms with E-state index in [0.717, 1.165) is 29.7 Å². The first kappa shape index (κ1) is 25.0. The molecule has 0 bridgehead atoms. The summed E-state index contributed by atoms with van der Waals surface area (Å²) in [6, 6.07) is 14.5. The molecule has 0 unspecified atom stereocenters. The van der Waals surface area contributed by atoms with Crippen molar-refractivity contribution in [2.75, 3.05) is 14.2 Å². The monoisotopic (exact) mass is 465 g/mol. The number of benzene rings is 2. The summed E-state index contributed by atoms with van der Waals surface area (Å²) in [5.74, 6) is -0.437. The number of rotatable bonds is 11. The van der Waals surface area contributed by atoms with Crippen molar-refractivity contribution < 1.29 is 29.0 Å². The molecule has 180 valence electrons. The Labute approximate surface area is 199 Å². The summed E-state index contributed by atoms with van der Waals surface area (Å²) in [6.45, 7) is 0.348. The maximum atomic E-state index is 13.3. The summed E-state index contributed by atoms with van der Waals surface area (Å²) in [7, 11) is 3.16. The predicted molar refractivity (Wildman–Crippen MR) is 128 cm³/mol. The number of ether oxygens (including phenoxy) is 2. The number of nitrogens with one attached hydrogen (secondary N) is 1. The van der Waals surface area contributed by atoms with Gasteiger partial charge < -0.3 is 19.9 Å². The fourth-order valence-electron chi connectivity index (χ4n) is 4.24. The smallest absolute Gasteiger partial charge is 0.303 e. The number of allylic oxidation sites excluding steroid dienone is 1. The highest BCUT2D eigenvalue weighted by Crippen LogP contribution is 2.32. The minimum atomic E-state index is -0.969. The molecule has 2 N–H and O–H groups in total. The summed E-state index contributed by atoms with van der Waals surface area (Å²) in [4.78, 5) is 37.7. The molecule has 1 atom stereocenters. The number of hydrogen-bond acceptors (Lipinski definition) is 5. The van der Waals surface area contributed by atoms with Gasteiger partial charge >= 0.3 is 5.97 Å². The van der Waals surface area contributed by atoms with Crippen LogP contribution in [-0.4, -0.2) is 37.0 Å². The number of carbonyl (C=O) groups is 3. The lowest BCUT2D eigenvalue weighted by molar-refractivity contribution is -0.137. The maximum Gasteiger partial charge on any atom is 0.303 e. The number of aliphatic carboxylic acids is 1. The number of methoxy groups -OCH3 is 2. The van der Waals surface area contributed by atoms with Crippen LogP contribution in [0, 0.1) is 0 Å². The van der Waals surface area contributed by atoms with E-state index in [1.807, 2.05) is 24.3 Å². The van der Waals surface area contributed by atoms with Crippen molar-refractivity contribution in [2.24, 2.45) is 0 Å². The second-order valence-corrected chi connectivity index (χ2v) is 8.39. The summed E-state index contributed by atoms with van der Waals surface area (Å²) >= 11 is 0. The van der Waals surface area contributed by atoms with Gasteiger partial charge in [-0.2, -0.15) is 0 Å². The number of carboxylic acids is 1. The zero-order chi connectivity index (χ0) is 24.5. The van der Waals surface area contributed by atoms with Gasteiger partial charge in [0.15, 0.2) is 5.78 Å². The molecule has 0 aromatic heterocycles. The van der Waals surface area contributed by atoms with Gasteiger partial charge in [-0.1, -0.05) is 24.3 Å². The van der Waals surface area contributed by atoms with Gasteiger partial charge in [0.1, 0.15) is 11.5 Å². The quantitative estimate of drug-likeness (QED) is 0.510. The van der Waals surface area contributed by atoms with Crippen LogP contribution in [-0.2, 0) is 20.9 Å². The van der Waals surface area contributed by atoms with E-state index in [9.17, 15) is 19.5 Å². The lowest BCUT2D eigenvalue weighted by atomic mass is 9.83. The molecule has 7 nitrogen and oxygen atoms in total. The predicted octanol–water partition coefficient (Wildman–Crippen LogP) is 4.41. The molecule has 0 radical (unpaired) electrons. The Hall–Kier alpha value is -3.61. The van der Waals surface area contributed by atoms with Gasteiger partial charge in [-0.15, -0.1) is 0 Å². The molecule has 0 saturated carbocycles. The normalized spacial score (nSPS) is 14.3. The maximum absolute atomic E-state index is 13.3. The third-order valence-corrected chi connectivity index (χ3v) is 6.13. The third kappa shape index (κ3) is 6.70. The number of ketones is 1. The topological polar surface area (TPSA) is 102 Å². The molecular weight excluding hydrogens is 434 g/mol. The second kappa shape index (κ2) is 12.0. The average molecular weight is 466 g/mol. The van der Waals surface area contributed by atoms with Crippen LogP contribution in [0.5, 0.6) is 11.5 Å². The molecule has 1 aliphatic carbocycles. The lowest BCUT2D eigenvalue weighted by Crippen LogP contribution is -2.28. The van der Waals surface area contributed by atoms with Crippen LogP contribution in [0.4, 0.5) is 0 Å². The molecule has 2 aromatic rings. The molecule has 0 fully saturated rings. The first-order chi connectivity index (χ1) is 16.4. The molecule has 1 aliphatic rings. The Morgan fingerprint density at radius 3 is 1.97 bits per heavy atom. The number of carboxylic acid groups (broad SMARTS) is 1. The largest absolute Gasteiger partial charge is 0.497 e. The average Bonchev–Trinajstić information content (AvgIpc) is 2.87. The van der Waals surface area contributed by atoms with Crippen molar-refractivity contribution in [3.8, 4) is 11.5 Å². The van der Waals surface area contributed by atoms with Crippen molar-refractivity contribution >= 4 is 17.7 Å². The molecule has 3 rings (SSSR count). The third-order valence-electron chi connectivity index (χ3n) is 6.13. The van der Waals surface area contributed by atoms with Crippen molar-refractivity contribution in [1.82, 2.24) is 5.32 Å². The van der Waals surface area contributed by atoms with E-state index in [2.05, 4.69) is 5.32 Å². The molecule has 34 heavy (non-hydrogen) atoms. The molecule has 0 spiro atoms. The van der Waals surface area contributed by atoms with E-state index < -0.39 is 11.9 Å². The van der Waals surface area contributed by atoms with Crippen LogP contribution in [0.15, 0.2) is 59.7 Å². The van der Waals surface area contributed by atoms with Crippen LogP contribution >= 0.6 is 0 Å². The standard InChI is InChI=1S/C27H31NO6/c1-33-21-11-7-18(8-12-21)17-28-27(32)24-6-4-3-5-23(24)25(29)15-20(16-26(30)31)19-9-13-22(34-2)14-10-19/h7-14,20H,3-6,15-17H2,1-2H3,(H,28,32)(H,30,31)/t20-/m0/s1. The summed E-state index contributed by atoms with van der Waals surface area (Å²) in [5, 5.41) is 12.3. The zero-order valence-electron chi connectivity index (χ0n) is 19.6. The minimum Gasteiger partial charge on any atom is -0.497 e. The Morgan fingerprint density at radius 1 is 0.853 bits per heavy atom. The van der Waals surface area contributed by atoms with Gasteiger partial charge in [0.05, 0.1) is 20.6 Å². The van der Waals surface area contributed by atoms with Crippen molar-refractivity contribution in [3.05, 3.63) is 70.8 Å². The van der Waals surface area contributed by atoms with E-state index >= 15 is 0 Å². The van der Waals surface area contributed by atoms with E-state index in [1.165, 1.54) is 0 Å². The molecule has 1 amide bonds. The molecule has 0 heterocycles. The summed E-state index contributed by atoms with van der Waals surface area (Å²) in [6.07, 6.45) is 2.64. The first-order valence-corrected chi connectivity index (χ1v) is 11.4. The molecule has 0 aliphatic heterocycles. The summed E-state index contributed by atoms with van der Waals surface area (Å²) < 4.78 is 10.3. The van der Waals surface area contributed by atoms with Crippen LogP contribution in [0.25, 0.3) is 0 Å². The van der Waals surface area contributed by atoms with Crippen LogP contribution in [0.3, 0.4) is 0 Å². The van der Waals surface area contributed by atoms with Crippen molar-refractivity contribution in [2.45, 2.75) is 51.0 Å². The van der Waals surface area contributed by atoms with E-state index in [4.69, 9.17) is 9.47 Å². The Balaban J connectivity index is 1.74. The minimum absolute atomic E-state index is 0.0449. The molecule has 7 heteroatoms. The Bertz CT molecular complexity index is 1040. The second-order valence-electron chi connectivity index (χ2n) is 8.39. The van der Waals surface area contributed by atoms with Gasteiger partial charge in [-0.05, 0) is 61.1 Å². The van der Waals surface area contributed by atoms with Crippen molar-refractivity contribution in [1.29, 1.82) is 0 Å². The molecule has 0 saturated heterocycles. The van der Waals surface area contributed by atoms with Crippen LogP contribution in [0.2, 0.25) is 0 Å². The highest BCUT2D eigenvalue weighted by atomic mass is 16.5. The van der Waals surface area contributed by atoms with Gasteiger partial charge in [-0.25, -0.2) is 0 Å². The Kier molecular flexibility index (Phi) is 8.85. The zero-order valence-corrected chi connectivity index (χ0v) is 19.6. The Morgan fingerprint density at radius 2 is 1.41 bits per heavy atom. The highest BCUT2D eigenvalue weighted by molar-refractivity contribution is 6.06. The number of hydrogen-bond donors (Lipinski definition) is 2. The number of Topliss-reactive ketones (excluding diaryl/α,β-unsaturated/α-hetero) is 1. The molecule has 2 aromatic carbocycles. The van der Waals surface area contributed by atoms with Gasteiger partial charge in [-0.3, -0.25) is 14.4 Å². The van der Waals surface area contributed by atoms with Crippen molar-refractivity contribution in [3.63, 3.8) is 0 Å². The van der Waals surface area contributed by atoms with Gasteiger partial charge in [0.2, 0.25) is 5.91 Å². The van der Waals surface area contributed by atoms with Crippen LogP contribution < -0.4 is 14.8 Å². The fourth-order valence-corrected chi connectivity index (χ4v) is 4.24. The van der Waals surface area contributed by atoms with E-state index in [0.29, 0.717) is 36.3 Å². The van der Waals surface area contributed by atoms with E-state index in [1.54, 1.807) is 38.5 Å². The number of amides is 1. The van der Waals surface area contributed by atoms with E-state index in [-0.39, 0.29) is 24.5 Å². The van der Waals surface area contributed by atoms with Gasteiger partial charge in [0, 0.05) is 30.0 Å². The highest BCUT2D eigenvalue weighted by Gasteiger charge is 2.27.